The number of fused-ring (bicyclic) bond motifs is 1. The molecule has 1 unspecified atom stereocenters. The van der Waals surface area contributed by atoms with Crippen molar-refractivity contribution >= 4 is 28.3 Å². The Balaban J connectivity index is 1.49. The number of aryl methyl sites for hydroxylation is 1. The van der Waals surface area contributed by atoms with Gasteiger partial charge in [0, 0.05) is 11.8 Å². The summed E-state index contributed by atoms with van der Waals surface area (Å²) in [6.45, 7) is 1.75. The molecule has 0 saturated carbocycles. The molecule has 4 rings (SSSR count). The van der Waals surface area contributed by atoms with Crippen molar-refractivity contribution < 1.29 is 24.2 Å². The van der Waals surface area contributed by atoms with Crippen molar-refractivity contribution in [2.45, 2.75) is 32.1 Å². The van der Waals surface area contributed by atoms with Crippen LogP contribution in [0.15, 0.2) is 78.9 Å². The molecule has 5 nitrogen and oxygen atoms in total. The van der Waals surface area contributed by atoms with Gasteiger partial charge in [0.05, 0.1) is 11.6 Å². The first-order valence-electron chi connectivity index (χ1n) is 11.4. The molecule has 1 atom stereocenters. The molecule has 178 valence electrons. The van der Waals surface area contributed by atoms with Crippen LogP contribution >= 0.6 is 0 Å². The summed E-state index contributed by atoms with van der Waals surface area (Å²) in [7, 11) is 0. The topological polar surface area (TPSA) is 86.6 Å². The van der Waals surface area contributed by atoms with Gasteiger partial charge in [-0.2, -0.15) is 0 Å². The van der Waals surface area contributed by atoms with E-state index in [9.17, 15) is 19.1 Å². The van der Waals surface area contributed by atoms with Crippen LogP contribution < -0.4 is 5.32 Å². The van der Waals surface area contributed by atoms with E-state index in [1.54, 1.807) is 49.4 Å². The van der Waals surface area contributed by atoms with E-state index < -0.39 is 11.9 Å². The highest BCUT2D eigenvalue weighted by Gasteiger charge is 2.20. The van der Waals surface area contributed by atoms with Gasteiger partial charge in [-0.3, -0.25) is 9.59 Å². The van der Waals surface area contributed by atoms with Crippen molar-refractivity contribution in [3.8, 4) is 5.75 Å². The van der Waals surface area contributed by atoms with Gasteiger partial charge in [-0.15, -0.1) is 0 Å². The maximum Gasteiger partial charge on any atom is 0.303 e. The van der Waals surface area contributed by atoms with Crippen LogP contribution in [0.2, 0.25) is 0 Å². The monoisotopic (exact) mass is 471 g/mol. The number of carboxylic acid groups (broad SMARTS) is 1. The second kappa shape index (κ2) is 10.4. The van der Waals surface area contributed by atoms with Crippen LogP contribution in [0.3, 0.4) is 0 Å². The van der Waals surface area contributed by atoms with E-state index in [-0.39, 0.29) is 23.9 Å². The van der Waals surface area contributed by atoms with Crippen molar-refractivity contribution in [3.63, 3.8) is 0 Å². The molecular formula is C29H26FNO4. The molecule has 0 radical (unpaired) electrons. The normalized spacial score (nSPS) is 11.8. The van der Waals surface area contributed by atoms with Gasteiger partial charge >= 0.3 is 5.97 Å². The van der Waals surface area contributed by atoms with Crippen LogP contribution in [0.25, 0.3) is 10.8 Å². The van der Waals surface area contributed by atoms with Gasteiger partial charge < -0.3 is 15.5 Å². The minimum Gasteiger partial charge on any atom is -0.506 e. The van der Waals surface area contributed by atoms with Crippen LogP contribution in [0.4, 0.5) is 10.1 Å². The number of aromatic hydroxyl groups is 1. The highest BCUT2D eigenvalue weighted by Crippen LogP contribution is 2.31. The summed E-state index contributed by atoms with van der Waals surface area (Å²) >= 11 is 0. The number of halogens is 1. The van der Waals surface area contributed by atoms with Gasteiger partial charge in [0.25, 0.3) is 0 Å². The fourth-order valence-electron chi connectivity index (χ4n) is 4.15. The number of amides is 1. The molecule has 0 spiro atoms. The fourth-order valence-corrected chi connectivity index (χ4v) is 4.15. The van der Waals surface area contributed by atoms with Crippen molar-refractivity contribution in [3.05, 3.63) is 107 Å². The Hall–Kier alpha value is -4.19. The molecule has 35 heavy (non-hydrogen) atoms. The number of nitrogens with one attached hydrogen (secondary N) is 1. The molecule has 1 amide bonds. The average Bonchev–Trinajstić information content (AvgIpc) is 2.85. The molecule has 0 fully saturated rings. The third-order valence-electron chi connectivity index (χ3n) is 6.14. The van der Waals surface area contributed by atoms with E-state index in [1.807, 2.05) is 30.3 Å². The summed E-state index contributed by atoms with van der Waals surface area (Å²) in [5.74, 6) is -2.08. The number of rotatable bonds is 8. The number of benzene rings is 4. The Morgan fingerprint density at radius 2 is 1.54 bits per heavy atom. The fraction of sp³-hybridized carbons (Fsp3) is 0.172. The highest BCUT2D eigenvalue weighted by atomic mass is 19.1. The van der Waals surface area contributed by atoms with E-state index >= 15 is 0 Å². The molecule has 0 aromatic heterocycles. The van der Waals surface area contributed by atoms with Crippen molar-refractivity contribution in [2.24, 2.45) is 0 Å². The van der Waals surface area contributed by atoms with E-state index in [0.29, 0.717) is 34.9 Å². The average molecular weight is 472 g/mol. The van der Waals surface area contributed by atoms with Gasteiger partial charge in [-0.1, -0.05) is 60.7 Å². The first-order chi connectivity index (χ1) is 16.8. The Morgan fingerprint density at radius 1 is 0.886 bits per heavy atom. The van der Waals surface area contributed by atoms with Crippen LogP contribution in [0.1, 0.15) is 41.5 Å². The van der Waals surface area contributed by atoms with Crippen molar-refractivity contribution in [1.29, 1.82) is 0 Å². The largest absolute Gasteiger partial charge is 0.506 e. The molecular weight excluding hydrogens is 445 g/mol. The standard InChI is InChI=1S/C29H26FNO4/c1-18(22-12-13-25(30)24-5-3-2-4-23(22)24)29(35)31-26-17-21(10-14-27(26)32)16-20-8-6-19(7-9-20)11-15-28(33)34/h2-10,12-14,17-18,32H,11,15-16H2,1H3,(H,31,35)(H,33,34). The summed E-state index contributed by atoms with van der Waals surface area (Å²) in [4.78, 5) is 23.8. The molecule has 0 saturated heterocycles. The first-order valence-corrected chi connectivity index (χ1v) is 11.4. The number of carbonyl (C=O) groups excluding carboxylic acids is 1. The number of hydrogen-bond donors (Lipinski definition) is 3. The Bertz CT molecular complexity index is 1380. The lowest BCUT2D eigenvalue weighted by Gasteiger charge is -2.16. The maximum atomic E-state index is 14.2. The molecule has 6 heteroatoms. The van der Waals surface area contributed by atoms with Crippen LogP contribution in [-0.2, 0) is 22.4 Å². The van der Waals surface area contributed by atoms with E-state index in [0.717, 1.165) is 16.7 Å². The van der Waals surface area contributed by atoms with Crippen molar-refractivity contribution in [2.75, 3.05) is 5.32 Å². The zero-order chi connectivity index (χ0) is 24.9. The Labute approximate surface area is 202 Å². The summed E-state index contributed by atoms with van der Waals surface area (Å²) in [6, 6.07) is 22.8. The molecule has 0 aliphatic carbocycles. The van der Waals surface area contributed by atoms with Gasteiger partial charge in [0.2, 0.25) is 5.91 Å². The smallest absolute Gasteiger partial charge is 0.303 e. The van der Waals surface area contributed by atoms with Crippen LogP contribution in [0.5, 0.6) is 5.75 Å². The number of hydrogen-bond acceptors (Lipinski definition) is 3. The van der Waals surface area contributed by atoms with E-state index in [4.69, 9.17) is 5.11 Å². The number of aliphatic carboxylic acids is 1. The second-order valence-corrected chi connectivity index (χ2v) is 8.63. The number of carbonyl (C=O) groups is 2. The molecule has 4 aromatic rings. The molecule has 0 aliphatic rings. The van der Waals surface area contributed by atoms with Gasteiger partial charge in [0.1, 0.15) is 11.6 Å². The molecule has 4 aromatic carbocycles. The Morgan fingerprint density at radius 3 is 2.26 bits per heavy atom. The zero-order valence-corrected chi connectivity index (χ0v) is 19.3. The molecule has 0 aliphatic heterocycles. The summed E-state index contributed by atoms with van der Waals surface area (Å²) in [5, 5.41) is 23.1. The third kappa shape index (κ3) is 5.66. The summed E-state index contributed by atoms with van der Waals surface area (Å²) in [5.41, 5.74) is 3.90. The molecule has 3 N–H and O–H groups in total. The van der Waals surface area contributed by atoms with E-state index in [2.05, 4.69) is 5.32 Å². The summed E-state index contributed by atoms with van der Waals surface area (Å²) < 4.78 is 14.2. The SMILES string of the molecule is CC(C(=O)Nc1cc(Cc2ccc(CCC(=O)O)cc2)ccc1O)c1ccc(F)c2ccccc12. The van der Waals surface area contributed by atoms with Crippen molar-refractivity contribution in [1.82, 2.24) is 0 Å². The second-order valence-electron chi connectivity index (χ2n) is 8.63. The predicted octanol–water partition coefficient (Wildman–Crippen LogP) is 6.03. The first kappa shape index (κ1) is 24.0. The van der Waals surface area contributed by atoms with Gasteiger partial charge in [0.15, 0.2) is 0 Å². The zero-order valence-electron chi connectivity index (χ0n) is 19.3. The lowest BCUT2D eigenvalue weighted by atomic mass is 9.93. The summed E-state index contributed by atoms with van der Waals surface area (Å²) in [6.07, 6.45) is 1.15. The number of phenols is 1. The van der Waals surface area contributed by atoms with Gasteiger partial charge in [-0.05, 0) is 65.6 Å². The Kier molecular flexibility index (Phi) is 7.11. The minimum absolute atomic E-state index is 0.0396. The number of phenolic OH excluding ortho intramolecular Hbond substituents is 1. The van der Waals surface area contributed by atoms with Gasteiger partial charge in [-0.25, -0.2) is 4.39 Å². The molecule has 0 heterocycles. The van der Waals surface area contributed by atoms with Crippen LogP contribution in [-0.4, -0.2) is 22.1 Å². The third-order valence-corrected chi connectivity index (χ3v) is 6.14. The number of anilines is 1. The van der Waals surface area contributed by atoms with Crippen LogP contribution in [0, 0.1) is 5.82 Å². The predicted molar refractivity (Wildman–Crippen MR) is 134 cm³/mol. The van der Waals surface area contributed by atoms with E-state index in [1.165, 1.54) is 6.07 Å². The quantitative estimate of drug-likeness (QED) is 0.274. The molecule has 0 bridgehead atoms. The minimum atomic E-state index is -0.824. The lowest BCUT2D eigenvalue weighted by molar-refractivity contribution is -0.137. The number of carboxylic acids is 1. The highest BCUT2D eigenvalue weighted by molar-refractivity contribution is 6.00. The lowest BCUT2D eigenvalue weighted by Crippen LogP contribution is -2.19. The maximum absolute atomic E-state index is 14.2.